The van der Waals surface area contributed by atoms with E-state index < -0.39 is 11.9 Å². The first-order valence-electron chi connectivity index (χ1n) is 11.1. The molecule has 0 saturated carbocycles. The molecule has 0 aromatic heterocycles. The van der Waals surface area contributed by atoms with Crippen molar-refractivity contribution in [3.8, 4) is 0 Å². The molecule has 0 heterocycles. The topological polar surface area (TPSA) is 63.6 Å². The summed E-state index contributed by atoms with van der Waals surface area (Å²) in [5.41, 5.74) is 1.26. The van der Waals surface area contributed by atoms with Crippen LogP contribution in [0.3, 0.4) is 0 Å². The average molecular weight is 391 g/mol. The van der Waals surface area contributed by atoms with Crippen molar-refractivity contribution >= 4 is 11.9 Å². The van der Waals surface area contributed by atoms with Crippen molar-refractivity contribution in [2.24, 2.45) is 0 Å². The maximum absolute atomic E-state index is 12.5. The molecule has 4 nitrogen and oxygen atoms in total. The largest absolute Gasteiger partial charge is 0.478 e. The molecule has 1 aromatic carbocycles. The number of carbonyl (C=O) groups is 2. The van der Waals surface area contributed by atoms with E-state index in [0.29, 0.717) is 24.2 Å². The van der Waals surface area contributed by atoms with E-state index in [0.717, 1.165) is 32.1 Å². The van der Waals surface area contributed by atoms with Crippen LogP contribution in [0.25, 0.3) is 0 Å². The van der Waals surface area contributed by atoms with Crippen LogP contribution in [-0.2, 0) is 11.2 Å². The molecule has 158 valence electrons. The third-order valence-corrected chi connectivity index (χ3v) is 5.14. The first kappa shape index (κ1) is 24.2. The molecule has 1 N–H and O–H groups in total. The quantitative estimate of drug-likeness (QED) is 0.249. The number of rotatable bonds is 16. The fourth-order valence-corrected chi connectivity index (χ4v) is 3.45. The summed E-state index contributed by atoms with van der Waals surface area (Å²) < 4.78 is 5.44. The minimum absolute atomic E-state index is 0.225. The molecule has 0 bridgehead atoms. The van der Waals surface area contributed by atoms with Crippen molar-refractivity contribution < 1.29 is 19.4 Å². The van der Waals surface area contributed by atoms with Crippen LogP contribution in [0.5, 0.6) is 0 Å². The third kappa shape index (κ3) is 9.38. The highest BCUT2D eigenvalue weighted by molar-refractivity contribution is 5.97. The van der Waals surface area contributed by atoms with Crippen LogP contribution in [0.4, 0.5) is 0 Å². The van der Waals surface area contributed by atoms with E-state index in [1.54, 1.807) is 18.2 Å². The van der Waals surface area contributed by atoms with E-state index in [4.69, 9.17) is 4.74 Å². The number of unbranched alkanes of at least 4 members (excludes halogenated alkanes) is 10. The first-order chi connectivity index (χ1) is 13.6. The Morgan fingerprint density at radius 1 is 0.786 bits per heavy atom. The fraction of sp³-hybridized carbons (Fsp3) is 0.667. The summed E-state index contributed by atoms with van der Waals surface area (Å²) in [6.07, 6.45) is 14.2. The maximum atomic E-state index is 12.5. The molecule has 0 amide bonds. The Bertz CT molecular complexity index is 580. The van der Waals surface area contributed by atoms with Gasteiger partial charge in [0.2, 0.25) is 0 Å². The van der Waals surface area contributed by atoms with Gasteiger partial charge in [0, 0.05) is 0 Å². The number of carboxylic acids is 1. The van der Waals surface area contributed by atoms with Crippen molar-refractivity contribution in [3.63, 3.8) is 0 Å². The Morgan fingerprint density at radius 2 is 1.32 bits per heavy atom. The normalized spacial score (nSPS) is 10.8. The highest BCUT2D eigenvalue weighted by Gasteiger charge is 2.19. The molecule has 0 aliphatic rings. The lowest BCUT2D eigenvalue weighted by atomic mass is 9.95. The summed E-state index contributed by atoms with van der Waals surface area (Å²) in [6.45, 7) is 4.78. The Kier molecular flexibility index (Phi) is 13.1. The third-order valence-electron chi connectivity index (χ3n) is 5.14. The number of hydrogen-bond acceptors (Lipinski definition) is 3. The molecule has 0 unspecified atom stereocenters. The summed E-state index contributed by atoms with van der Waals surface area (Å²) in [7, 11) is 0. The summed E-state index contributed by atoms with van der Waals surface area (Å²) in [5.74, 6) is -1.37. The van der Waals surface area contributed by atoms with Crippen LogP contribution in [0.15, 0.2) is 18.2 Å². The summed E-state index contributed by atoms with van der Waals surface area (Å²) >= 11 is 0. The van der Waals surface area contributed by atoms with E-state index in [1.165, 1.54) is 44.9 Å². The molecular weight excluding hydrogens is 352 g/mol. The molecule has 1 aromatic rings. The van der Waals surface area contributed by atoms with Crippen molar-refractivity contribution in [3.05, 3.63) is 34.9 Å². The van der Waals surface area contributed by atoms with Crippen LogP contribution in [0, 0.1) is 0 Å². The smallest absolute Gasteiger partial charge is 0.338 e. The van der Waals surface area contributed by atoms with Crippen molar-refractivity contribution in [2.75, 3.05) is 6.61 Å². The number of esters is 1. The maximum Gasteiger partial charge on any atom is 0.338 e. The van der Waals surface area contributed by atoms with Gasteiger partial charge in [-0.15, -0.1) is 0 Å². The van der Waals surface area contributed by atoms with Gasteiger partial charge in [0.1, 0.15) is 0 Å². The Morgan fingerprint density at radius 3 is 1.93 bits per heavy atom. The molecule has 0 saturated heterocycles. The number of aromatic carboxylic acids is 1. The minimum Gasteiger partial charge on any atom is -0.478 e. The van der Waals surface area contributed by atoms with Crippen molar-refractivity contribution in [1.82, 2.24) is 0 Å². The number of carbonyl (C=O) groups excluding carboxylic acids is 1. The summed E-state index contributed by atoms with van der Waals surface area (Å²) in [4.78, 5) is 24.1. The zero-order chi connectivity index (χ0) is 20.6. The summed E-state index contributed by atoms with van der Waals surface area (Å²) in [5, 5.41) is 9.51. The lowest BCUT2D eigenvalue weighted by Crippen LogP contribution is -2.13. The van der Waals surface area contributed by atoms with Crippen LogP contribution in [-0.4, -0.2) is 23.7 Å². The zero-order valence-corrected chi connectivity index (χ0v) is 17.8. The van der Waals surface area contributed by atoms with Gasteiger partial charge in [0.05, 0.1) is 17.7 Å². The number of carboxylic acid groups (broad SMARTS) is 1. The van der Waals surface area contributed by atoms with Crippen molar-refractivity contribution in [2.45, 2.75) is 97.3 Å². The second-order valence-electron chi connectivity index (χ2n) is 7.56. The molecule has 0 radical (unpaired) electrons. The standard InChI is InChI=1S/C24H38O4/c1-3-5-7-9-11-13-16-20-21(23(25)26)17-15-18-22(20)24(27)28-19-14-12-10-8-6-4-2/h15,17-18H,3-14,16,19H2,1-2H3,(H,25,26). The van der Waals surface area contributed by atoms with Gasteiger partial charge in [-0.2, -0.15) is 0 Å². The predicted molar refractivity (Wildman–Crippen MR) is 114 cm³/mol. The highest BCUT2D eigenvalue weighted by atomic mass is 16.5. The van der Waals surface area contributed by atoms with Gasteiger partial charge in [-0.3, -0.25) is 0 Å². The van der Waals surface area contributed by atoms with Gasteiger partial charge in [-0.25, -0.2) is 9.59 Å². The van der Waals surface area contributed by atoms with Gasteiger partial charge in [-0.1, -0.05) is 84.1 Å². The van der Waals surface area contributed by atoms with Gasteiger partial charge in [0.15, 0.2) is 0 Å². The Hall–Kier alpha value is -1.84. The van der Waals surface area contributed by atoms with Crippen LogP contribution < -0.4 is 0 Å². The number of ether oxygens (including phenoxy) is 1. The average Bonchev–Trinajstić information content (AvgIpc) is 2.69. The van der Waals surface area contributed by atoms with Gasteiger partial charge in [-0.05, 0) is 37.0 Å². The zero-order valence-electron chi connectivity index (χ0n) is 17.8. The van der Waals surface area contributed by atoms with E-state index in [2.05, 4.69) is 13.8 Å². The predicted octanol–water partition coefficient (Wildman–Crippen LogP) is 6.81. The van der Waals surface area contributed by atoms with E-state index in [-0.39, 0.29) is 5.56 Å². The molecule has 0 aliphatic heterocycles. The summed E-state index contributed by atoms with van der Waals surface area (Å²) in [6, 6.07) is 4.91. The molecule has 1 rings (SSSR count). The Balaban J connectivity index is 2.59. The molecule has 0 atom stereocenters. The van der Waals surface area contributed by atoms with Gasteiger partial charge >= 0.3 is 11.9 Å². The molecule has 0 fully saturated rings. The SMILES string of the molecule is CCCCCCCCOC(=O)c1cccc(C(=O)O)c1CCCCCCCC. The minimum atomic E-state index is -0.980. The van der Waals surface area contributed by atoms with E-state index in [9.17, 15) is 14.7 Å². The van der Waals surface area contributed by atoms with E-state index in [1.807, 2.05) is 0 Å². The first-order valence-corrected chi connectivity index (χ1v) is 11.1. The van der Waals surface area contributed by atoms with Crippen LogP contribution >= 0.6 is 0 Å². The second kappa shape index (κ2) is 15.1. The Labute approximate surface area is 170 Å². The van der Waals surface area contributed by atoms with Crippen molar-refractivity contribution in [1.29, 1.82) is 0 Å². The monoisotopic (exact) mass is 390 g/mol. The van der Waals surface area contributed by atoms with Gasteiger partial charge < -0.3 is 9.84 Å². The molecule has 4 heteroatoms. The lowest BCUT2D eigenvalue weighted by molar-refractivity contribution is 0.0496. The molecule has 0 aliphatic carbocycles. The number of benzene rings is 1. The highest BCUT2D eigenvalue weighted by Crippen LogP contribution is 2.20. The van der Waals surface area contributed by atoms with Crippen LogP contribution in [0.1, 0.15) is 117 Å². The lowest BCUT2D eigenvalue weighted by Gasteiger charge is -2.12. The number of hydrogen-bond donors (Lipinski definition) is 1. The molecule has 28 heavy (non-hydrogen) atoms. The second-order valence-corrected chi connectivity index (χ2v) is 7.56. The molecule has 0 spiro atoms. The van der Waals surface area contributed by atoms with Gasteiger partial charge in [0.25, 0.3) is 0 Å². The van der Waals surface area contributed by atoms with E-state index >= 15 is 0 Å². The molecular formula is C24H38O4. The van der Waals surface area contributed by atoms with Crippen LogP contribution in [0.2, 0.25) is 0 Å². The fourth-order valence-electron chi connectivity index (χ4n) is 3.45.